The predicted octanol–water partition coefficient (Wildman–Crippen LogP) is 3.48. The lowest BCUT2D eigenvalue weighted by atomic mass is 9.79. The normalized spacial score (nSPS) is 19.1. The molecule has 2 N–H and O–H groups in total. The van der Waals surface area contributed by atoms with Crippen molar-refractivity contribution in [2.24, 2.45) is 11.8 Å². The zero-order chi connectivity index (χ0) is 24.2. The molecule has 0 aliphatic carbocycles. The van der Waals surface area contributed by atoms with Crippen LogP contribution in [0.1, 0.15) is 41.6 Å². The second-order valence-corrected chi connectivity index (χ2v) is 10.2. The number of hydrogen-bond acceptors (Lipinski definition) is 4. The highest BCUT2D eigenvalue weighted by atomic mass is 16.2. The van der Waals surface area contributed by atoms with E-state index in [4.69, 9.17) is 0 Å². The van der Waals surface area contributed by atoms with E-state index in [1.54, 1.807) is 12.4 Å². The number of piperidine rings is 2. The maximum Gasteiger partial charge on any atom is 0.252 e. The zero-order valence-electron chi connectivity index (χ0n) is 20.5. The van der Waals surface area contributed by atoms with Gasteiger partial charge in [0.2, 0.25) is 5.91 Å². The number of hydrogen-bond donors (Lipinski definition) is 2. The van der Waals surface area contributed by atoms with Gasteiger partial charge in [0.1, 0.15) is 6.04 Å². The van der Waals surface area contributed by atoms with E-state index in [1.807, 2.05) is 47.5 Å². The predicted molar refractivity (Wildman–Crippen MR) is 137 cm³/mol. The second-order valence-electron chi connectivity index (χ2n) is 10.2. The van der Waals surface area contributed by atoms with Crippen molar-refractivity contribution < 1.29 is 9.59 Å². The molecule has 0 bridgehead atoms. The van der Waals surface area contributed by atoms with Gasteiger partial charge in [0, 0.05) is 49.2 Å². The van der Waals surface area contributed by atoms with Crippen molar-refractivity contribution in [3.63, 3.8) is 0 Å². The summed E-state index contributed by atoms with van der Waals surface area (Å²) < 4.78 is 0. The number of rotatable bonds is 6. The van der Waals surface area contributed by atoms with Gasteiger partial charge < -0.3 is 20.1 Å². The quantitative estimate of drug-likeness (QED) is 0.574. The number of carbonyl (C=O) groups is 2. The fourth-order valence-electron chi connectivity index (χ4n) is 5.70. The Labute approximate surface area is 206 Å². The highest BCUT2D eigenvalue weighted by Gasteiger charge is 2.33. The molecule has 0 unspecified atom stereocenters. The Kier molecular flexibility index (Phi) is 7.13. The first-order valence-corrected chi connectivity index (χ1v) is 12.8. The summed E-state index contributed by atoms with van der Waals surface area (Å²) in [6.45, 7) is 3.90. The van der Waals surface area contributed by atoms with Gasteiger partial charge in [0.05, 0.1) is 0 Å². The Hall–Kier alpha value is -3.19. The van der Waals surface area contributed by atoms with Crippen LogP contribution in [0.15, 0.2) is 55.0 Å². The monoisotopic (exact) mass is 473 g/mol. The van der Waals surface area contributed by atoms with Gasteiger partial charge in [-0.25, -0.2) is 0 Å². The van der Waals surface area contributed by atoms with E-state index in [1.165, 1.54) is 25.9 Å². The topological polar surface area (TPSA) is 81.3 Å². The molecular formula is C28H35N5O2. The van der Waals surface area contributed by atoms with Crippen LogP contribution >= 0.6 is 0 Å². The second kappa shape index (κ2) is 10.6. The summed E-state index contributed by atoms with van der Waals surface area (Å²) in [7, 11) is 2.20. The lowest BCUT2D eigenvalue weighted by Crippen LogP contribution is -2.52. The van der Waals surface area contributed by atoms with Crippen LogP contribution in [0.2, 0.25) is 0 Å². The number of H-pyrrole nitrogens is 1. The SMILES string of the molecule is CN1CCC(C2CCN(C(=O)[C@@H](Cc3ccncc3)NC(=O)c3ccc4cc[nH]c4c3)CC2)CC1. The van der Waals surface area contributed by atoms with Crippen LogP contribution in [0, 0.1) is 11.8 Å². The van der Waals surface area contributed by atoms with E-state index in [-0.39, 0.29) is 11.8 Å². The third-order valence-corrected chi connectivity index (χ3v) is 7.89. The molecule has 5 rings (SSSR count). The molecule has 184 valence electrons. The molecule has 2 fully saturated rings. The molecule has 7 heteroatoms. The summed E-state index contributed by atoms with van der Waals surface area (Å²) in [5, 5.41) is 4.10. The van der Waals surface area contributed by atoms with Gasteiger partial charge in [-0.05, 0) is 98.9 Å². The molecule has 1 aromatic carbocycles. The molecule has 0 spiro atoms. The van der Waals surface area contributed by atoms with Crippen LogP contribution in [0.25, 0.3) is 10.9 Å². The van der Waals surface area contributed by atoms with Crippen LogP contribution < -0.4 is 5.32 Å². The molecule has 35 heavy (non-hydrogen) atoms. The molecule has 0 radical (unpaired) electrons. The van der Waals surface area contributed by atoms with Gasteiger partial charge in [-0.2, -0.15) is 0 Å². The van der Waals surface area contributed by atoms with Crippen molar-refractivity contribution in [3.8, 4) is 0 Å². The van der Waals surface area contributed by atoms with Crippen LogP contribution in [-0.2, 0) is 11.2 Å². The number of nitrogens with zero attached hydrogens (tertiary/aromatic N) is 3. The molecule has 7 nitrogen and oxygen atoms in total. The van der Waals surface area contributed by atoms with E-state index in [9.17, 15) is 9.59 Å². The largest absolute Gasteiger partial charge is 0.361 e. The molecule has 3 aromatic rings. The number of benzene rings is 1. The molecule has 2 amide bonds. The molecule has 4 heterocycles. The molecular weight excluding hydrogens is 438 g/mol. The minimum absolute atomic E-state index is 0.0120. The van der Waals surface area contributed by atoms with E-state index < -0.39 is 6.04 Å². The number of nitrogens with one attached hydrogen (secondary N) is 2. The first-order chi connectivity index (χ1) is 17.1. The Bertz CT molecular complexity index is 1140. The van der Waals surface area contributed by atoms with Gasteiger partial charge >= 0.3 is 0 Å². The maximum atomic E-state index is 13.6. The minimum atomic E-state index is -0.607. The van der Waals surface area contributed by atoms with Crippen molar-refractivity contribution >= 4 is 22.7 Å². The van der Waals surface area contributed by atoms with Crippen molar-refractivity contribution in [1.29, 1.82) is 0 Å². The number of pyridine rings is 1. The number of aromatic nitrogens is 2. The number of carbonyl (C=O) groups excluding carboxylic acids is 2. The van der Waals surface area contributed by atoms with Crippen LogP contribution in [0.3, 0.4) is 0 Å². The van der Waals surface area contributed by atoms with Crippen molar-refractivity contribution in [2.75, 3.05) is 33.2 Å². The Morgan fingerprint density at radius 3 is 2.40 bits per heavy atom. The standard InChI is InChI=1S/C28H35N5O2/c1-32-14-7-21(8-15-32)22-9-16-33(17-10-22)28(35)26(18-20-4-11-29-12-5-20)31-27(34)24-3-2-23-6-13-30-25(23)19-24/h2-6,11-13,19,21-22,26,30H,7-10,14-18H2,1H3,(H,31,34)/t26-/m1/s1. The molecule has 2 aliphatic heterocycles. The van der Waals surface area contributed by atoms with Gasteiger partial charge in [-0.1, -0.05) is 6.07 Å². The highest BCUT2D eigenvalue weighted by Crippen LogP contribution is 2.32. The first kappa shape index (κ1) is 23.5. The molecule has 1 atom stereocenters. The molecule has 0 saturated carbocycles. The molecule has 2 saturated heterocycles. The van der Waals surface area contributed by atoms with Gasteiger partial charge in [0.15, 0.2) is 0 Å². The summed E-state index contributed by atoms with van der Waals surface area (Å²) in [4.78, 5) is 38.4. The smallest absolute Gasteiger partial charge is 0.252 e. The summed E-state index contributed by atoms with van der Waals surface area (Å²) in [6.07, 6.45) is 10.4. The number of fused-ring (bicyclic) bond motifs is 1. The van der Waals surface area contributed by atoms with Gasteiger partial charge in [-0.3, -0.25) is 14.6 Å². The van der Waals surface area contributed by atoms with Gasteiger partial charge in [-0.15, -0.1) is 0 Å². The third-order valence-electron chi connectivity index (χ3n) is 7.89. The van der Waals surface area contributed by atoms with Crippen LogP contribution in [0.4, 0.5) is 0 Å². The van der Waals surface area contributed by atoms with Crippen LogP contribution in [0.5, 0.6) is 0 Å². The third kappa shape index (κ3) is 5.56. The zero-order valence-corrected chi connectivity index (χ0v) is 20.5. The number of aromatic amines is 1. The number of amides is 2. The summed E-state index contributed by atoms with van der Waals surface area (Å²) >= 11 is 0. The van der Waals surface area contributed by atoms with E-state index >= 15 is 0 Å². The molecule has 2 aliphatic rings. The first-order valence-electron chi connectivity index (χ1n) is 12.8. The average molecular weight is 474 g/mol. The highest BCUT2D eigenvalue weighted by molar-refractivity contribution is 6.00. The Balaban J connectivity index is 1.26. The Morgan fingerprint density at radius 2 is 1.69 bits per heavy atom. The van der Waals surface area contributed by atoms with E-state index in [2.05, 4.69) is 27.2 Å². The minimum Gasteiger partial charge on any atom is -0.361 e. The summed E-state index contributed by atoms with van der Waals surface area (Å²) in [5.41, 5.74) is 2.44. The van der Waals surface area contributed by atoms with E-state index in [0.29, 0.717) is 17.9 Å². The number of likely N-dealkylation sites (tertiary alicyclic amines) is 2. The van der Waals surface area contributed by atoms with Crippen molar-refractivity contribution in [1.82, 2.24) is 25.1 Å². The summed E-state index contributed by atoms with van der Waals surface area (Å²) in [6, 6.07) is 10.8. The van der Waals surface area contributed by atoms with Gasteiger partial charge in [0.25, 0.3) is 5.91 Å². The maximum absolute atomic E-state index is 13.6. The lowest BCUT2D eigenvalue weighted by molar-refractivity contribution is -0.135. The fourth-order valence-corrected chi connectivity index (χ4v) is 5.70. The average Bonchev–Trinajstić information content (AvgIpc) is 3.37. The fraction of sp³-hybridized carbons (Fsp3) is 0.464. The molecule has 2 aromatic heterocycles. The summed E-state index contributed by atoms with van der Waals surface area (Å²) in [5.74, 6) is 1.26. The lowest BCUT2D eigenvalue weighted by Gasteiger charge is -2.40. The van der Waals surface area contributed by atoms with Crippen molar-refractivity contribution in [2.45, 2.75) is 38.1 Å². The van der Waals surface area contributed by atoms with Crippen molar-refractivity contribution in [3.05, 3.63) is 66.1 Å². The Morgan fingerprint density at radius 1 is 1.00 bits per heavy atom. The van der Waals surface area contributed by atoms with Crippen LogP contribution in [-0.4, -0.2) is 70.9 Å². The van der Waals surface area contributed by atoms with E-state index in [0.717, 1.165) is 48.3 Å².